The number of aryl methyl sites for hydroxylation is 2. The van der Waals surface area contributed by atoms with Crippen LogP contribution in [0, 0.1) is 13.8 Å². The first-order chi connectivity index (χ1) is 14.5. The third kappa shape index (κ3) is 5.70. The molecule has 0 atom stereocenters. The average molecular weight is 467 g/mol. The Morgan fingerprint density at radius 1 is 1.03 bits per heavy atom. The average Bonchev–Trinajstić information content (AvgIpc) is 2.74. The van der Waals surface area contributed by atoms with Gasteiger partial charge in [-0.05, 0) is 84.6 Å². The molecule has 0 radical (unpaired) electrons. The molecule has 3 aromatic carbocycles. The van der Waals surface area contributed by atoms with Crippen LogP contribution in [0.1, 0.15) is 32.6 Å². The summed E-state index contributed by atoms with van der Waals surface area (Å²) < 4.78 is 12.2. The van der Waals surface area contributed by atoms with Crippen LogP contribution in [-0.2, 0) is 6.61 Å². The van der Waals surface area contributed by atoms with E-state index in [0.29, 0.717) is 17.9 Å². The molecule has 30 heavy (non-hydrogen) atoms. The minimum Gasteiger partial charge on any atom is -0.497 e. The molecule has 0 spiro atoms. The first-order valence-electron chi connectivity index (χ1n) is 9.42. The van der Waals surface area contributed by atoms with Crippen LogP contribution in [-0.4, -0.2) is 19.2 Å². The summed E-state index contributed by atoms with van der Waals surface area (Å²) in [5.74, 6) is 1.28. The zero-order chi connectivity index (χ0) is 21.5. The third-order valence-corrected chi connectivity index (χ3v) is 5.04. The number of halogens is 1. The maximum Gasteiger partial charge on any atom is 0.271 e. The van der Waals surface area contributed by atoms with Crippen LogP contribution in [0.3, 0.4) is 0 Å². The van der Waals surface area contributed by atoms with Crippen LogP contribution in [0.4, 0.5) is 0 Å². The summed E-state index contributed by atoms with van der Waals surface area (Å²) in [5.41, 5.74) is 7.06. The topological polar surface area (TPSA) is 59.9 Å². The molecule has 6 heteroatoms. The van der Waals surface area contributed by atoms with E-state index in [-0.39, 0.29) is 5.91 Å². The van der Waals surface area contributed by atoms with Crippen LogP contribution in [0.25, 0.3) is 0 Å². The SMILES string of the molecule is COc1ccc(C(=O)N/N=C\c2cc(C)c(OCc3ccc(Br)cc3)c(C)c2)cc1. The number of ether oxygens (including phenoxy) is 2. The number of methoxy groups -OCH3 is 1. The highest BCUT2D eigenvalue weighted by Gasteiger charge is 2.07. The smallest absolute Gasteiger partial charge is 0.271 e. The van der Waals surface area contributed by atoms with Crippen molar-refractivity contribution < 1.29 is 14.3 Å². The highest BCUT2D eigenvalue weighted by atomic mass is 79.9. The van der Waals surface area contributed by atoms with Gasteiger partial charge in [-0.3, -0.25) is 4.79 Å². The molecule has 0 saturated heterocycles. The van der Waals surface area contributed by atoms with Crippen LogP contribution in [0.15, 0.2) is 70.2 Å². The van der Waals surface area contributed by atoms with E-state index >= 15 is 0 Å². The molecular formula is C24H23BrN2O3. The zero-order valence-corrected chi connectivity index (χ0v) is 18.7. The molecule has 0 aromatic heterocycles. The summed E-state index contributed by atoms with van der Waals surface area (Å²) in [7, 11) is 1.58. The van der Waals surface area contributed by atoms with Crippen molar-refractivity contribution in [1.29, 1.82) is 0 Å². The van der Waals surface area contributed by atoms with E-state index in [1.165, 1.54) is 0 Å². The van der Waals surface area contributed by atoms with Crippen molar-refractivity contribution in [3.8, 4) is 11.5 Å². The minimum absolute atomic E-state index is 0.281. The number of nitrogens with zero attached hydrogens (tertiary/aromatic N) is 1. The van der Waals surface area contributed by atoms with E-state index in [4.69, 9.17) is 9.47 Å². The Labute approximate surface area is 184 Å². The van der Waals surface area contributed by atoms with Crippen molar-refractivity contribution in [2.45, 2.75) is 20.5 Å². The fourth-order valence-corrected chi connectivity index (χ4v) is 3.26. The largest absolute Gasteiger partial charge is 0.497 e. The van der Waals surface area contributed by atoms with Gasteiger partial charge in [-0.25, -0.2) is 5.43 Å². The second-order valence-corrected chi connectivity index (χ2v) is 7.74. The van der Waals surface area contributed by atoms with Crippen LogP contribution < -0.4 is 14.9 Å². The van der Waals surface area contributed by atoms with Crippen molar-refractivity contribution in [3.05, 3.63) is 93.0 Å². The summed E-state index contributed by atoms with van der Waals surface area (Å²) in [4.78, 5) is 12.2. The lowest BCUT2D eigenvalue weighted by molar-refractivity contribution is 0.0955. The van der Waals surface area contributed by atoms with Crippen molar-refractivity contribution in [2.75, 3.05) is 7.11 Å². The lowest BCUT2D eigenvalue weighted by Crippen LogP contribution is -2.17. The molecule has 1 N–H and O–H groups in total. The number of hydrogen-bond acceptors (Lipinski definition) is 4. The summed E-state index contributed by atoms with van der Waals surface area (Å²) >= 11 is 3.44. The Hall–Kier alpha value is -3.12. The summed E-state index contributed by atoms with van der Waals surface area (Å²) in [6.45, 7) is 4.49. The van der Waals surface area contributed by atoms with Gasteiger partial charge in [0.1, 0.15) is 18.1 Å². The van der Waals surface area contributed by atoms with Crippen LogP contribution >= 0.6 is 15.9 Å². The molecule has 0 aliphatic carbocycles. The normalized spacial score (nSPS) is 10.8. The van der Waals surface area contributed by atoms with Crippen molar-refractivity contribution in [3.63, 3.8) is 0 Å². The summed E-state index contributed by atoms with van der Waals surface area (Å²) in [5, 5.41) is 4.07. The van der Waals surface area contributed by atoms with Crippen LogP contribution in [0.5, 0.6) is 11.5 Å². The fourth-order valence-electron chi connectivity index (χ4n) is 2.99. The fraction of sp³-hybridized carbons (Fsp3) is 0.167. The molecule has 5 nitrogen and oxygen atoms in total. The number of nitrogens with one attached hydrogen (secondary N) is 1. The van der Waals surface area contributed by atoms with E-state index in [1.807, 2.05) is 50.2 Å². The Balaban J connectivity index is 1.62. The van der Waals surface area contributed by atoms with Gasteiger partial charge in [0.15, 0.2) is 0 Å². The molecule has 0 saturated carbocycles. The highest BCUT2D eigenvalue weighted by Crippen LogP contribution is 2.25. The van der Waals surface area contributed by atoms with Crippen molar-refractivity contribution in [1.82, 2.24) is 5.43 Å². The molecule has 3 rings (SSSR count). The lowest BCUT2D eigenvalue weighted by Gasteiger charge is -2.13. The first-order valence-corrected chi connectivity index (χ1v) is 10.2. The molecule has 0 bridgehead atoms. The molecule has 3 aromatic rings. The van der Waals surface area contributed by atoms with Gasteiger partial charge in [0.2, 0.25) is 0 Å². The Morgan fingerprint density at radius 3 is 2.27 bits per heavy atom. The predicted octanol–water partition coefficient (Wildman–Crippen LogP) is 5.42. The molecule has 1 amide bonds. The molecule has 0 fully saturated rings. The van der Waals surface area contributed by atoms with E-state index in [2.05, 4.69) is 26.5 Å². The number of carbonyl (C=O) groups excluding carboxylic acids is 1. The van der Waals surface area contributed by atoms with Gasteiger partial charge >= 0.3 is 0 Å². The molecule has 0 aliphatic rings. The van der Waals surface area contributed by atoms with Gasteiger partial charge < -0.3 is 9.47 Å². The van der Waals surface area contributed by atoms with E-state index < -0.39 is 0 Å². The van der Waals surface area contributed by atoms with Crippen molar-refractivity contribution >= 4 is 28.1 Å². The number of hydrogen-bond donors (Lipinski definition) is 1. The molecule has 0 unspecified atom stereocenters. The van der Waals surface area contributed by atoms with Gasteiger partial charge in [0, 0.05) is 10.0 Å². The Bertz CT molecular complexity index is 1020. The second kappa shape index (κ2) is 10.1. The quantitative estimate of drug-likeness (QED) is 0.373. The first kappa shape index (κ1) is 21.6. The number of hydrazone groups is 1. The van der Waals surface area contributed by atoms with Gasteiger partial charge in [-0.2, -0.15) is 5.10 Å². The summed E-state index contributed by atoms with van der Waals surface area (Å²) in [6, 6.07) is 18.9. The van der Waals surface area contributed by atoms with Gasteiger partial charge in [0.25, 0.3) is 5.91 Å². The Kier molecular flexibility index (Phi) is 7.25. The zero-order valence-electron chi connectivity index (χ0n) is 17.1. The maximum atomic E-state index is 12.2. The predicted molar refractivity (Wildman–Crippen MR) is 122 cm³/mol. The molecule has 0 heterocycles. The molecule has 154 valence electrons. The highest BCUT2D eigenvalue weighted by molar-refractivity contribution is 9.10. The standard InChI is InChI=1S/C24H23BrN2O3/c1-16-12-19(14-26-27-24(28)20-6-10-22(29-3)11-7-20)13-17(2)23(16)30-15-18-4-8-21(25)9-5-18/h4-14H,15H2,1-3H3,(H,27,28)/b26-14-. The third-order valence-electron chi connectivity index (χ3n) is 4.51. The molecular weight excluding hydrogens is 444 g/mol. The number of benzene rings is 3. The second-order valence-electron chi connectivity index (χ2n) is 6.83. The van der Waals surface area contributed by atoms with Gasteiger partial charge in [-0.1, -0.05) is 28.1 Å². The lowest BCUT2D eigenvalue weighted by atomic mass is 10.1. The van der Waals surface area contributed by atoms with Gasteiger partial charge in [-0.15, -0.1) is 0 Å². The monoisotopic (exact) mass is 466 g/mol. The Morgan fingerprint density at radius 2 is 1.67 bits per heavy atom. The number of amides is 1. The van der Waals surface area contributed by atoms with Crippen LogP contribution in [0.2, 0.25) is 0 Å². The number of rotatable bonds is 7. The maximum absolute atomic E-state index is 12.2. The molecule has 0 aliphatic heterocycles. The van der Waals surface area contributed by atoms with E-state index in [1.54, 1.807) is 37.6 Å². The number of carbonyl (C=O) groups is 1. The minimum atomic E-state index is -0.281. The van der Waals surface area contributed by atoms with Gasteiger partial charge in [0.05, 0.1) is 13.3 Å². The van der Waals surface area contributed by atoms with E-state index in [0.717, 1.165) is 32.5 Å². The summed E-state index contributed by atoms with van der Waals surface area (Å²) in [6.07, 6.45) is 1.62. The van der Waals surface area contributed by atoms with Crippen molar-refractivity contribution in [2.24, 2.45) is 5.10 Å². The van der Waals surface area contributed by atoms with E-state index in [9.17, 15) is 4.79 Å².